The minimum Gasteiger partial charge on any atom is -0.382 e. The largest absolute Gasteiger partial charge is 0.382 e. The molecule has 0 radical (unpaired) electrons. The highest BCUT2D eigenvalue weighted by molar-refractivity contribution is 6.19. The molecule has 4 aliphatic heterocycles. The normalized spacial score (nSPS) is 27.2. The fourth-order valence-electron chi connectivity index (χ4n) is 3.42. The highest BCUT2D eigenvalue weighted by Crippen LogP contribution is 2.38. The quantitative estimate of drug-likeness (QED) is 0.606. The maximum absolute atomic E-state index is 11.9. The van der Waals surface area contributed by atoms with Crippen LogP contribution >= 0.6 is 0 Å². The summed E-state index contributed by atoms with van der Waals surface area (Å²) in [6.45, 7) is 0.815. The number of fused-ring (bicyclic) bond motifs is 5. The predicted molar refractivity (Wildman–Crippen MR) is 107 cm³/mol. The van der Waals surface area contributed by atoms with Crippen LogP contribution in [0.3, 0.4) is 0 Å². The standard InChI is InChI=1S/C19H18N8O/c28-16-11-20-10-13-3-1-4-14(9-13)26-19-25-12-24-18(27(19)26)15-5-2-6-22-17(15)23-8-7-21-16/h1-5,7-8,10,12,18,20,22H,6,9,11H2/b13-10-,21-7?,23-8?. The summed E-state index contributed by atoms with van der Waals surface area (Å²) < 4.78 is 0. The topological polar surface area (TPSA) is 96.6 Å². The number of hydrogen-bond donors (Lipinski definition) is 2. The number of dihydropyridines is 1. The molecule has 1 aliphatic carbocycles. The van der Waals surface area contributed by atoms with Gasteiger partial charge >= 0.3 is 0 Å². The summed E-state index contributed by atoms with van der Waals surface area (Å²) in [6, 6.07) is 0. The minimum atomic E-state index is -0.261. The Labute approximate surface area is 161 Å². The highest BCUT2D eigenvalue weighted by atomic mass is 16.1. The van der Waals surface area contributed by atoms with Gasteiger partial charge in [0.25, 0.3) is 5.91 Å². The zero-order valence-corrected chi connectivity index (χ0v) is 15.0. The van der Waals surface area contributed by atoms with Crippen LogP contribution < -0.4 is 10.6 Å². The first-order valence-electron chi connectivity index (χ1n) is 9.04. The van der Waals surface area contributed by atoms with Crippen LogP contribution in [0.2, 0.25) is 0 Å². The summed E-state index contributed by atoms with van der Waals surface area (Å²) in [4.78, 5) is 29.2. The zero-order chi connectivity index (χ0) is 18.9. The van der Waals surface area contributed by atoms with E-state index in [1.807, 2.05) is 30.5 Å². The number of amides is 1. The molecule has 5 rings (SSSR count). The third kappa shape index (κ3) is 2.96. The minimum absolute atomic E-state index is 0.133. The number of allylic oxidation sites excluding steroid dienone is 4. The third-order valence-corrected chi connectivity index (χ3v) is 4.71. The van der Waals surface area contributed by atoms with Gasteiger partial charge in [-0.05, 0) is 11.6 Å². The van der Waals surface area contributed by atoms with E-state index in [4.69, 9.17) is 0 Å². The molecule has 1 atom stereocenters. The van der Waals surface area contributed by atoms with Crippen LogP contribution in [0.25, 0.3) is 0 Å². The fourth-order valence-corrected chi connectivity index (χ4v) is 3.42. The number of carbonyl (C=O) groups excluding carboxylic acids is 1. The van der Waals surface area contributed by atoms with E-state index in [0.717, 1.165) is 29.2 Å². The number of carbonyl (C=O) groups is 1. The van der Waals surface area contributed by atoms with Gasteiger partial charge in [-0.2, -0.15) is 0 Å². The number of aliphatic imine (C=N–C) groups is 4. The van der Waals surface area contributed by atoms with Gasteiger partial charge in [0, 0.05) is 42.9 Å². The molecular weight excluding hydrogens is 356 g/mol. The molecule has 0 aromatic rings. The molecule has 5 aliphatic rings. The third-order valence-electron chi connectivity index (χ3n) is 4.71. The van der Waals surface area contributed by atoms with Crippen LogP contribution in [0.4, 0.5) is 0 Å². The van der Waals surface area contributed by atoms with Crippen molar-refractivity contribution >= 4 is 30.6 Å². The van der Waals surface area contributed by atoms with E-state index in [1.54, 1.807) is 6.34 Å². The maximum Gasteiger partial charge on any atom is 0.264 e. The molecule has 0 aromatic carbocycles. The van der Waals surface area contributed by atoms with E-state index in [1.165, 1.54) is 12.4 Å². The summed E-state index contributed by atoms with van der Waals surface area (Å²) in [6.07, 6.45) is 17.0. The lowest BCUT2D eigenvalue weighted by atomic mass is 10.1. The Morgan fingerprint density at radius 3 is 3.07 bits per heavy atom. The second-order valence-corrected chi connectivity index (χ2v) is 6.56. The molecule has 2 N–H and O–H groups in total. The molecule has 28 heavy (non-hydrogen) atoms. The molecule has 0 saturated carbocycles. The Bertz CT molecular complexity index is 991. The Kier molecular flexibility index (Phi) is 3.97. The van der Waals surface area contributed by atoms with E-state index in [0.29, 0.717) is 12.4 Å². The van der Waals surface area contributed by atoms with Gasteiger partial charge < -0.3 is 10.6 Å². The summed E-state index contributed by atoms with van der Waals surface area (Å²) >= 11 is 0. The number of hydrazine groups is 1. The van der Waals surface area contributed by atoms with Gasteiger partial charge in [0.2, 0.25) is 5.96 Å². The number of hydrogen-bond acceptors (Lipinski definition) is 8. The van der Waals surface area contributed by atoms with Crippen LogP contribution in [-0.2, 0) is 4.79 Å². The molecule has 9 nitrogen and oxygen atoms in total. The van der Waals surface area contributed by atoms with Crippen molar-refractivity contribution in [2.45, 2.75) is 12.6 Å². The average Bonchev–Trinajstić information content (AvgIpc) is 3.46. The lowest BCUT2D eigenvalue weighted by Crippen LogP contribution is -2.29. The summed E-state index contributed by atoms with van der Waals surface area (Å²) in [7, 11) is 0. The molecule has 1 fully saturated rings. The summed E-state index contributed by atoms with van der Waals surface area (Å²) in [5.74, 6) is 1.31. The van der Waals surface area contributed by atoms with Crippen molar-refractivity contribution in [1.29, 1.82) is 0 Å². The van der Waals surface area contributed by atoms with Crippen molar-refractivity contribution in [3.63, 3.8) is 0 Å². The Morgan fingerprint density at radius 2 is 2.11 bits per heavy atom. The first-order valence-corrected chi connectivity index (χ1v) is 9.04. The lowest BCUT2D eigenvalue weighted by molar-refractivity contribution is -0.116. The van der Waals surface area contributed by atoms with E-state index in [2.05, 4.69) is 46.7 Å². The van der Waals surface area contributed by atoms with Crippen LogP contribution in [-0.4, -0.2) is 59.9 Å². The van der Waals surface area contributed by atoms with Gasteiger partial charge in [-0.15, -0.1) is 0 Å². The second-order valence-electron chi connectivity index (χ2n) is 6.56. The van der Waals surface area contributed by atoms with Crippen LogP contribution in [0, 0.1) is 0 Å². The number of rotatable bonds is 0. The maximum atomic E-state index is 11.9. The molecule has 1 amide bonds. The molecule has 1 unspecified atom stereocenters. The summed E-state index contributed by atoms with van der Waals surface area (Å²) in [5.41, 5.74) is 3.11. The Morgan fingerprint density at radius 1 is 1.18 bits per heavy atom. The van der Waals surface area contributed by atoms with Crippen molar-refractivity contribution < 1.29 is 4.79 Å². The van der Waals surface area contributed by atoms with Gasteiger partial charge in [0.15, 0.2) is 6.17 Å². The Balaban J connectivity index is 1.54. The second kappa shape index (κ2) is 6.76. The van der Waals surface area contributed by atoms with Gasteiger partial charge in [0.1, 0.15) is 12.2 Å². The zero-order valence-electron chi connectivity index (χ0n) is 15.0. The van der Waals surface area contributed by atoms with E-state index in [9.17, 15) is 4.79 Å². The van der Waals surface area contributed by atoms with Gasteiger partial charge in [-0.25, -0.2) is 30.0 Å². The Hall–Kier alpha value is -3.75. The van der Waals surface area contributed by atoms with Crippen LogP contribution in [0.1, 0.15) is 6.42 Å². The van der Waals surface area contributed by atoms with Gasteiger partial charge in [0.05, 0.1) is 6.54 Å². The SMILES string of the molecule is O=C1CN/C=C2/C=CC=C(C2)N2C3=NC=NC(C4=C(N=CC=N1)NCC=C4)N32. The van der Waals surface area contributed by atoms with Gasteiger partial charge in [-0.1, -0.05) is 24.3 Å². The predicted octanol–water partition coefficient (Wildman–Crippen LogP) is 0.613. The average molecular weight is 374 g/mol. The molecule has 9 heteroatoms. The van der Waals surface area contributed by atoms with Crippen LogP contribution in [0.5, 0.6) is 0 Å². The smallest absolute Gasteiger partial charge is 0.264 e. The van der Waals surface area contributed by atoms with Crippen molar-refractivity contribution in [1.82, 2.24) is 20.7 Å². The van der Waals surface area contributed by atoms with E-state index >= 15 is 0 Å². The monoisotopic (exact) mass is 374 g/mol. The van der Waals surface area contributed by atoms with Gasteiger partial charge in [-0.3, -0.25) is 4.79 Å². The number of guanidine groups is 1. The van der Waals surface area contributed by atoms with E-state index in [-0.39, 0.29) is 18.6 Å². The van der Waals surface area contributed by atoms with Crippen molar-refractivity contribution in [2.75, 3.05) is 13.1 Å². The molecule has 1 saturated heterocycles. The fraction of sp³-hybridized carbons (Fsp3) is 0.211. The lowest BCUT2D eigenvalue weighted by Gasteiger charge is -2.22. The molecule has 4 heterocycles. The highest BCUT2D eigenvalue weighted by Gasteiger charge is 2.50. The summed E-state index contributed by atoms with van der Waals surface area (Å²) in [5, 5.41) is 10.4. The molecular formula is C19H18N8O. The molecule has 140 valence electrons. The van der Waals surface area contributed by atoms with Crippen molar-refractivity contribution in [3.8, 4) is 0 Å². The van der Waals surface area contributed by atoms with Crippen molar-refractivity contribution in [2.24, 2.45) is 20.0 Å². The molecule has 0 spiro atoms. The van der Waals surface area contributed by atoms with Crippen molar-refractivity contribution in [3.05, 3.63) is 59.2 Å². The first-order chi connectivity index (χ1) is 13.8. The molecule has 0 aromatic heterocycles. The van der Waals surface area contributed by atoms with Crippen LogP contribution in [0.15, 0.2) is 79.2 Å². The molecule has 2 bridgehead atoms. The van der Waals surface area contributed by atoms with E-state index < -0.39 is 0 Å². The first kappa shape index (κ1) is 16.4. The number of nitrogens with one attached hydrogen (secondary N) is 2. The number of nitrogens with zero attached hydrogens (tertiary/aromatic N) is 6.